The Hall–Kier alpha value is -2.02. The van der Waals surface area contributed by atoms with Gasteiger partial charge in [-0.25, -0.2) is 15.0 Å². The number of carbonyl (C=O) groups excluding carboxylic acids is 1. The molecule has 1 aliphatic rings. The third-order valence-electron chi connectivity index (χ3n) is 3.72. The van der Waals surface area contributed by atoms with E-state index in [0.29, 0.717) is 6.54 Å². The zero-order chi connectivity index (χ0) is 15.7. The van der Waals surface area contributed by atoms with Gasteiger partial charge in [-0.3, -0.25) is 4.79 Å². The number of aromatic nitrogens is 3. The van der Waals surface area contributed by atoms with E-state index in [1.165, 1.54) is 0 Å². The Bertz CT molecular complexity index is 699. The molecular weight excluding hydrogens is 298 g/mol. The number of hydrogen-bond acceptors (Lipinski definition) is 6. The lowest BCUT2D eigenvalue weighted by Crippen LogP contribution is -2.25. The van der Waals surface area contributed by atoms with Crippen LogP contribution in [0.1, 0.15) is 36.5 Å². The summed E-state index contributed by atoms with van der Waals surface area (Å²) < 4.78 is 0. The van der Waals surface area contributed by atoms with Crippen LogP contribution in [0.3, 0.4) is 0 Å². The summed E-state index contributed by atoms with van der Waals surface area (Å²) in [6.07, 6.45) is 0.916. The number of aryl methyl sites for hydroxylation is 2. The van der Waals surface area contributed by atoms with E-state index in [1.54, 1.807) is 18.3 Å². The smallest absolute Gasteiger partial charge is 0.219 e. The Labute approximate surface area is 133 Å². The molecule has 2 aromatic heterocycles. The lowest BCUT2D eigenvalue weighted by atomic mass is 10.1. The number of anilines is 2. The van der Waals surface area contributed by atoms with Gasteiger partial charge in [0.2, 0.25) is 5.91 Å². The molecule has 0 aromatic carbocycles. The van der Waals surface area contributed by atoms with Crippen LogP contribution in [-0.4, -0.2) is 38.8 Å². The van der Waals surface area contributed by atoms with Crippen molar-refractivity contribution in [2.45, 2.75) is 33.1 Å². The van der Waals surface area contributed by atoms with Gasteiger partial charge in [0.05, 0.1) is 5.69 Å². The minimum absolute atomic E-state index is 0.117. The highest BCUT2D eigenvalue weighted by Crippen LogP contribution is 2.27. The first-order valence-electron chi connectivity index (χ1n) is 7.31. The van der Waals surface area contributed by atoms with Crippen molar-refractivity contribution < 1.29 is 4.79 Å². The quantitative estimate of drug-likeness (QED) is 0.942. The zero-order valence-electron chi connectivity index (χ0n) is 13.0. The van der Waals surface area contributed by atoms with Crippen LogP contribution in [0.4, 0.5) is 10.9 Å². The minimum Gasteiger partial charge on any atom is -0.342 e. The Kier molecular flexibility index (Phi) is 4.06. The second-order valence-electron chi connectivity index (χ2n) is 5.62. The van der Waals surface area contributed by atoms with E-state index in [1.807, 2.05) is 30.2 Å². The number of nitrogens with one attached hydrogen (secondary N) is 1. The zero-order valence-corrected chi connectivity index (χ0v) is 13.8. The summed E-state index contributed by atoms with van der Waals surface area (Å²) in [7, 11) is 0. The Balaban J connectivity index is 1.79. The van der Waals surface area contributed by atoms with E-state index in [-0.39, 0.29) is 11.8 Å². The number of thiazole rings is 1. The van der Waals surface area contributed by atoms with E-state index >= 15 is 0 Å². The Morgan fingerprint density at radius 3 is 2.77 bits per heavy atom. The fourth-order valence-corrected chi connectivity index (χ4v) is 3.31. The fourth-order valence-electron chi connectivity index (χ4n) is 2.62. The molecule has 1 fully saturated rings. The van der Waals surface area contributed by atoms with Crippen molar-refractivity contribution >= 4 is 28.2 Å². The summed E-state index contributed by atoms with van der Waals surface area (Å²) in [4.78, 5) is 26.9. The largest absolute Gasteiger partial charge is 0.342 e. The van der Waals surface area contributed by atoms with Crippen LogP contribution >= 0.6 is 11.3 Å². The maximum atomic E-state index is 11.5. The van der Waals surface area contributed by atoms with Crippen LogP contribution in [0.15, 0.2) is 11.4 Å². The van der Waals surface area contributed by atoms with Gasteiger partial charge >= 0.3 is 0 Å². The predicted molar refractivity (Wildman–Crippen MR) is 86.5 cm³/mol. The van der Waals surface area contributed by atoms with Gasteiger partial charge in [-0.2, -0.15) is 0 Å². The minimum atomic E-state index is 0.117. The molecule has 1 saturated heterocycles. The number of amides is 1. The normalized spacial score (nSPS) is 17.8. The number of carbonyl (C=O) groups is 1. The average Bonchev–Trinajstić information content (AvgIpc) is 3.07. The van der Waals surface area contributed by atoms with Crippen LogP contribution < -0.4 is 5.32 Å². The van der Waals surface area contributed by atoms with Crippen LogP contribution in [0, 0.1) is 13.8 Å². The van der Waals surface area contributed by atoms with Gasteiger partial charge in [-0.05, 0) is 20.3 Å². The summed E-state index contributed by atoms with van der Waals surface area (Å²) in [6.45, 7) is 7.02. The first-order valence-corrected chi connectivity index (χ1v) is 8.19. The molecule has 3 rings (SSSR count). The van der Waals surface area contributed by atoms with Gasteiger partial charge in [0.1, 0.15) is 11.6 Å². The van der Waals surface area contributed by atoms with E-state index < -0.39 is 0 Å². The van der Waals surface area contributed by atoms with Gasteiger partial charge in [0, 0.05) is 43.1 Å². The van der Waals surface area contributed by atoms with Crippen molar-refractivity contribution in [2.24, 2.45) is 0 Å². The van der Waals surface area contributed by atoms with E-state index in [0.717, 1.165) is 41.1 Å². The number of rotatable bonds is 3. The lowest BCUT2D eigenvalue weighted by Gasteiger charge is -2.14. The van der Waals surface area contributed by atoms with Crippen molar-refractivity contribution in [3.05, 3.63) is 28.7 Å². The highest BCUT2D eigenvalue weighted by molar-refractivity contribution is 7.13. The van der Waals surface area contributed by atoms with E-state index in [9.17, 15) is 4.79 Å². The van der Waals surface area contributed by atoms with Crippen molar-refractivity contribution in [1.82, 2.24) is 19.9 Å². The molecule has 116 valence electrons. The summed E-state index contributed by atoms with van der Waals surface area (Å²) >= 11 is 1.56. The maximum absolute atomic E-state index is 11.5. The molecule has 1 atom stereocenters. The first kappa shape index (κ1) is 14.9. The second kappa shape index (κ2) is 6.00. The van der Waals surface area contributed by atoms with Gasteiger partial charge < -0.3 is 10.2 Å². The van der Waals surface area contributed by atoms with Gasteiger partial charge in [0.25, 0.3) is 0 Å². The molecule has 0 radical (unpaired) electrons. The van der Waals surface area contributed by atoms with Crippen LogP contribution in [0.2, 0.25) is 0 Å². The molecule has 0 bridgehead atoms. The third-order valence-corrected chi connectivity index (χ3v) is 4.60. The van der Waals surface area contributed by atoms with Crippen LogP contribution in [0.5, 0.6) is 0 Å². The van der Waals surface area contributed by atoms with Crippen molar-refractivity contribution in [2.75, 3.05) is 18.4 Å². The molecule has 6 nitrogen and oxygen atoms in total. The molecule has 2 aromatic rings. The first-order chi connectivity index (χ1) is 10.5. The predicted octanol–water partition coefficient (Wildman–Crippen LogP) is 2.63. The molecule has 3 heterocycles. The molecule has 22 heavy (non-hydrogen) atoms. The maximum Gasteiger partial charge on any atom is 0.219 e. The number of nitrogens with zero attached hydrogens (tertiary/aromatic N) is 4. The molecule has 0 unspecified atom stereocenters. The highest BCUT2D eigenvalue weighted by atomic mass is 32.1. The van der Waals surface area contributed by atoms with E-state index in [4.69, 9.17) is 0 Å². The molecule has 0 aliphatic carbocycles. The topological polar surface area (TPSA) is 71.0 Å². The molecule has 7 heteroatoms. The third kappa shape index (κ3) is 3.24. The standard InChI is InChI=1S/C15H19N5OS/c1-9-6-13(19-15-17-10(2)8-22-15)18-14(16-9)12-4-5-20(7-12)11(3)21/h6,8,12H,4-5,7H2,1-3H3,(H,16,17,18,19)/t12-/m0/s1. The van der Waals surface area contributed by atoms with Crippen molar-refractivity contribution in [1.29, 1.82) is 0 Å². The van der Waals surface area contributed by atoms with Crippen LogP contribution in [-0.2, 0) is 4.79 Å². The monoisotopic (exact) mass is 317 g/mol. The van der Waals surface area contributed by atoms with Crippen LogP contribution in [0.25, 0.3) is 0 Å². The van der Waals surface area contributed by atoms with Crippen molar-refractivity contribution in [3.8, 4) is 0 Å². The molecule has 1 N–H and O–H groups in total. The van der Waals surface area contributed by atoms with Crippen molar-refractivity contribution in [3.63, 3.8) is 0 Å². The SMILES string of the molecule is CC(=O)N1CC[C@H](c2nc(C)cc(Nc3nc(C)cs3)n2)C1. The van der Waals surface area contributed by atoms with Gasteiger partial charge in [-0.15, -0.1) is 11.3 Å². The average molecular weight is 317 g/mol. The van der Waals surface area contributed by atoms with Gasteiger partial charge in [0.15, 0.2) is 5.13 Å². The Morgan fingerprint density at radius 1 is 1.32 bits per heavy atom. The number of likely N-dealkylation sites (tertiary alicyclic amines) is 1. The molecule has 0 spiro atoms. The summed E-state index contributed by atoms with van der Waals surface area (Å²) in [5.74, 6) is 1.90. The summed E-state index contributed by atoms with van der Waals surface area (Å²) in [6, 6.07) is 1.91. The highest BCUT2D eigenvalue weighted by Gasteiger charge is 2.27. The summed E-state index contributed by atoms with van der Waals surface area (Å²) in [5.41, 5.74) is 1.91. The lowest BCUT2D eigenvalue weighted by molar-refractivity contribution is -0.127. The Morgan fingerprint density at radius 2 is 2.14 bits per heavy atom. The molecular formula is C15H19N5OS. The fraction of sp³-hybridized carbons (Fsp3) is 0.467. The second-order valence-corrected chi connectivity index (χ2v) is 6.48. The summed E-state index contributed by atoms with van der Waals surface area (Å²) in [5, 5.41) is 6.07. The van der Waals surface area contributed by atoms with Gasteiger partial charge in [-0.1, -0.05) is 0 Å². The molecule has 1 aliphatic heterocycles. The molecule has 1 amide bonds. The number of hydrogen-bond donors (Lipinski definition) is 1. The van der Waals surface area contributed by atoms with E-state index in [2.05, 4.69) is 20.3 Å². The molecule has 0 saturated carbocycles.